The van der Waals surface area contributed by atoms with Crippen LogP contribution in [0.2, 0.25) is 5.02 Å². The van der Waals surface area contributed by atoms with E-state index in [0.717, 1.165) is 45.2 Å². The maximum Gasteiger partial charge on any atom is 0.317 e. The molecule has 1 atom stereocenters. The van der Waals surface area contributed by atoms with Gasteiger partial charge in [-0.25, -0.2) is 9.78 Å². The molecule has 0 bridgehead atoms. The molecule has 27 heavy (non-hydrogen) atoms. The number of hydrogen-bond acceptors (Lipinski definition) is 4. The number of carbonyl (C=O) groups excluding carboxylic acids is 1. The molecule has 4 rings (SSSR count). The summed E-state index contributed by atoms with van der Waals surface area (Å²) in [5.41, 5.74) is 0. The van der Waals surface area contributed by atoms with Crippen molar-refractivity contribution in [2.45, 2.75) is 63.1 Å². The van der Waals surface area contributed by atoms with Crippen LogP contribution in [0, 0.1) is 0 Å². The van der Waals surface area contributed by atoms with Crippen LogP contribution in [0.5, 0.6) is 5.88 Å². The summed E-state index contributed by atoms with van der Waals surface area (Å²) in [6.07, 6.45) is 9.22. The van der Waals surface area contributed by atoms with Crippen LogP contribution in [0.4, 0.5) is 4.79 Å². The molecule has 148 valence electrons. The number of halogens is 1. The van der Waals surface area contributed by atoms with Gasteiger partial charge in [0.25, 0.3) is 0 Å². The molecule has 0 aromatic carbocycles. The fourth-order valence-electron chi connectivity index (χ4n) is 4.54. The highest BCUT2D eigenvalue weighted by atomic mass is 35.5. The molecule has 1 N–H and O–H groups in total. The maximum atomic E-state index is 12.6. The molecule has 0 spiro atoms. The second kappa shape index (κ2) is 8.65. The highest BCUT2D eigenvalue weighted by Crippen LogP contribution is 2.27. The number of nitrogens with one attached hydrogen (secondary N) is 1. The van der Waals surface area contributed by atoms with Crippen LogP contribution >= 0.6 is 11.6 Å². The molecule has 1 saturated carbocycles. The monoisotopic (exact) mass is 392 g/mol. The highest BCUT2D eigenvalue weighted by molar-refractivity contribution is 6.31. The molecule has 1 unspecified atom stereocenters. The number of likely N-dealkylation sites (tertiary alicyclic amines) is 2. The van der Waals surface area contributed by atoms with Gasteiger partial charge in [-0.15, -0.1) is 0 Å². The summed E-state index contributed by atoms with van der Waals surface area (Å²) in [6.45, 7) is 4.15. The van der Waals surface area contributed by atoms with Crippen LogP contribution < -0.4 is 10.1 Å². The first kappa shape index (κ1) is 18.8. The summed E-state index contributed by atoms with van der Waals surface area (Å²) in [5, 5.41) is 3.79. The van der Waals surface area contributed by atoms with E-state index in [0.29, 0.717) is 16.9 Å². The predicted molar refractivity (Wildman–Crippen MR) is 105 cm³/mol. The van der Waals surface area contributed by atoms with Gasteiger partial charge in [-0.1, -0.05) is 11.6 Å². The molecule has 2 saturated heterocycles. The van der Waals surface area contributed by atoms with Crippen molar-refractivity contribution in [3.05, 3.63) is 23.4 Å². The van der Waals surface area contributed by atoms with Crippen molar-refractivity contribution in [3.8, 4) is 5.88 Å². The lowest BCUT2D eigenvalue weighted by atomic mass is 9.93. The molecular formula is C20H29ClN4O2. The van der Waals surface area contributed by atoms with E-state index in [9.17, 15) is 4.79 Å². The van der Waals surface area contributed by atoms with Crippen LogP contribution in [-0.4, -0.2) is 65.2 Å². The van der Waals surface area contributed by atoms with Crippen LogP contribution in [-0.2, 0) is 0 Å². The second-order valence-electron chi connectivity index (χ2n) is 7.96. The zero-order chi connectivity index (χ0) is 18.6. The molecule has 1 aliphatic carbocycles. The standard InChI is InChI=1S/C20H29ClN4O2/c21-18-4-3-10-22-19(18)27-17-7-5-15(6-8-17)23-20(26)25-13-9-16(14-25)24-11-1-2-12-24/h3-4,10,15-17H,1-2,5-9,11-14H2,(H,23,26). The summed E-state index contributed by atoms with van der Waals surface area (Å²) in [5.74, 6) is 0.511. The Morgan fingerprint density at radius 2 is 1.93 bits per heavy atom. The van der Waals surface area contributed by atoms with Gasteiger partial charge in [0.2, 0.25) is 5.88 Å². The van der Waals surface area contributed by atoms with E-state index in [1.807, 2.05) is 4.90 Å². The van der Waals surface area contributed by atoms with Gasteiger partial charge in [-0.3, -0.25) is 4.90 Å². The van der Waals surface area contributed by atoms with Crippen molar-refractivity contribution >= 4 is 17.6 Å². The number of hydrogen-bond donors (Lipinski definition) is 1. The van der Waals surface area contributed by atoms with Gasteiger partial charge < -0.3 is 15.0 Å². The Bertz CT molecular complexity index is 645. The Labute approximate surface area is 166 Å². The van der Waals surface area contributed by atoms with Crippen LogP contribution in [0.25, 0.3) is 0 Å². The molecule has 2 aliphatic heterocycles. The Hall–Kier alpha value is -1.53. The molecular weight excluding hydrogens is 364 g/mol. The zero-order valence-corrected chi connectivity index (χ0v) is 16.5. The number of amides is 2. The minimum atomic E-state index is 0.105. The second-order valence-corrected chi connectivity index (χ2v) is 8.37. The molecule has 6 nitrogen and oxygen atoms in total. The van der Waals surface area contributed by atoms with E-state index in [1.54, 1.807) is 18.3 Å². The number of urea groups is 1. The third-order valence-electron chi connectivity index (χ3n) is 6.11. The van der Waals surface area contributed by atoms with Crippen LogP contribution in [0.1, 0.15) is 44.9 Å². The normalized spacial score (nSPS) is 29.1. The third-order valence-corrected chi connectivity index (χ3v) is 6.40. The molecule has 3 fully saturated rings. The number of rotatable bonds is 4. The topological polar surface area (TPSA) is 57.7 Å². The van der Waals surface area contributed by atoms with Gasteiger partial charge in [-0.2, -0.15) is 0 Å². The van der Waals surface area contributed by atoms with Gasteiger partial charge >= 0.3 is 6.03 Å². The minimum Gasteiger partial charge on any atom is -0.473 e. The number of pyridine rings is 1. The van der Waals surface area contributed by atoms with E-state index in [4.69, 9.17) is 16.3 Å². The van der Waals surface area contributed by atoms with E-state index >= 15 is 0 Å². The van der Waals surface area contributed by atoms with Crippen molar-refractivity contribution in [1.82, 2.24) is 20.1 Å². The quantitative estimate of drug-likeness (QED) is 0.854. The SMILES string of the molecule is O=C(NC1CCC(Oc2ncccc2Cl)CC1)N1CCC(N2CCCC2)C1. The lowest BCUT2D eigenvalue weighted by molar-refractivity contribution is 0.132. The Balaban J connectivity index is 1.20. The van der Waals surface area contributed by atoms with E-state index in [-0.39, 0.29) is 18.2 Å². The fraction of sp³-hybridized carbons (Fsp3) is 0.700. The summed E-state index contributed by atoms with van der Waals surface area (Å²) >= 11 is 6.12. The zero-order valence-electron chi connectivity index (χ0n) is 15.8. The first-order valence-electron chi connectivity index (χ1n) is 10.3. The molecule has 0 radical (unpaired) electrons. The molecule has 1 aromatic heterocycles. The highest BCUT2D eigenvalue weighted by Gasteiger charge is 2.33. The molecule has 2 amide bonds. The molecule has 3 aliphatic rings. The summed E-state index contributed by atoms with van der Waals surface area (Å²) < 4.78 is 5.94. The lowest BCUT2D eigenvalue weighted by Gasteiger charge is -2.31. The van der Waals surface area contributed by atoms with Crippen molar-refractivity contribution < 1.29 is 9.53 Å². The Morgan fingerprint density at radius 3 is 2.67 bits per heavy atom. The van der Waals surface area contributed by atoms with Crippen LogP contribution in [0.15, 0.2) is 18.3 Å². The Kier molecular flexibility index (Phi) is 6.03. The molecule has 1 aromatic rings. The molecule has 3 heterocycles. The smallest absolute Gasteiger partial charge is 0.317 e. The van der Waals surface area contributed by atoms with Gasteiger partial charge in [0.1, 0.15) is 11.1 Å². The summed E-state index contributed by atoms with van der Waals surface area (Å²) in [4.78, 5) is 21.4. The number of carbonyl (C=O) groups is 1. The van der Waals surface area contributed by atoms with Crippen molar-refractivity contribution in [2.75, 3.05) is 26.2 Å². The van der Waals surface area contributed by atoms with Crippen molar-refractivity contribution in [2.24, 2.45) is 0 Å². The van der Waals surface area contributed by atoms with Crippen molar-refractivity contribution in [1.29, 1.82) is 0 Å². The summed E-state index contributed by atoms with van der Waals surface area (Å²) in [7, 11) is 0. The van der Waals surface area contributed by atoms with E-state index in [2.05, 4.69) is 15.2 Å². The number of nitrogens with zero attached hydrogens (tertiary/aromatic N) is 3. The summed E-state index contributed by atoms with van der Waals surface area (Å²) in [6, 6.07) is 4.50. The van der Waals surface area contributed by atoms with Gasteiger partial charge in [0.05, 0.1) is 0 Å². The van der Waals surface area contributed by atoms with E-state index < -0.39 is 0 Å². The molecule has 7 heteroatoms. The maximum absolute atomic E-state index is 12.6. The third kappa shape index (κ3) is 4.66. The Morgan fingerprint density at radius 1 is 1.15 bits per heavy atom. The largest absolute Gasteiger partial charge is 0.473 e. The van der Waals surface area contributed by atoms with Crippen molar-refractivity contribution in [3.63, 3.8) is 0 Å². The van der Waals surface area contributed by atoms with Gasteiger partial charge in [-0.05, 0) is 70.2 Å². The number of ether oxygens (including phenoxy) is 1. The first-order chi connectivity index (χ1) is 13.2. The van der Waals surface area contributed by atoms with E-state index in [1.165, 1.54) is 25.9 Å². The lowest BCUT2D eigenvalue weighted by Crippen LogP contribution is -2.47. The van der Waals surface area contributed by atoms with Crippen LogP contribution in [0.3, 0.4) is 0 Å². The van der Waals surface area contributed by atoms with Gasteiger partial charge in [0.15, 0.2) is 0 Å². The average molecular weight is 393 g/mol. The van der Waals surface area contributed by atoms with Gasteiger partial charge in [0, 0.05) is 31.4 Å². The minimum absolute atomic E-state index is 0.105. The fourth-order valence-corrected chi connectivity index (χ4v) is 4.70. The number of aromatic nitrogens is 1. The average Bonchev–Trinajstić information content (AvgIpc) is 3.36. The first-order valence-corrected chi connectivity index (χ1v) is 10.6. The predicted octanol–water partition coefficient (Wildman–Crippen LogP) is 3.30.